The van der Waals surface area contributed by atoms with Gasteiger partial charge in [0.25, 0.3) is 0 Å². The minimum absolute atomic E-state index is 0.0531. The van der Waals surface area contributed by atoms with Crippen molar-refractivity contribution in [2.75, 3.05) is 38.7 Å². The first-order valence-electron chi connectivity index (χ1n) is 10.5. The Bertz CT molecular complexity index is 760. The van der Waals surface area contributed by atoms with Crippen molar-refractivity contribution in [3.63, 3.8) is 0 Å². The molecule has 1 aromatic rings. The lowest BCUT2D eigenvalue weighted by molar-refractivity contribution is -0.127. The second-order valence-electron chi connectivity index (χ2n) is 9.07. The molecule has 30 heavy (non-hydrogen) atoms. The Hall–Kier alpha value is -2.35. The average molecular weight is 419 g/mol. The van der Waals surface area contributed by atoms with E-state index in [0.717, 1.165) is 12.8 Å². The van der Waals surface area contributed by atoms with Crippen LogP contribution in [-0.4, -0.2) is 66.2 Å². The van der Waals surface area contributed by atoms with Crippen LogP contribution in [0.4, 0.5) is 5.82 Å². The minimum atomic E-state index is -0.243. The number of rotatable bonds is 10. The second kappa shape index (κ2) is 10.6. The van der Waals surface area contributed by atoms with Gasteiger partial charge in [0.2, 0.25) is 6.41 Å². The highest BCUT2D eigenvalue weighted by atomic mass is 16.5. The average Bonchev–Trinajstić information content (AvgIpc) is 2.70. The van der Waals surface area contributed by atoms with Gasteiger partial charge in [-0.2, -0.15) is 0 Å². The van der Waals surface area contributed by atoms with Crippen LogP contribution in [0.2, 0.25) is 0 Å². The van der Waals surface area contributed by atoms with Gasteiger partial charge < -0.3 is 15.0 Å². The van der Waals surface area contributed by atoms with Gasteiger partial charge in [-0.05, 0) is 25.7 Å². The summed E-state index contributed by atoms with van der Waals surface area (Å²) in [5.41, 5.74) is 0.204. The first-order chi connectivity index (χ1) is 14.2. The predicted octanol–water partition coefficient (Wildman–Crippen LogP) is 2.48. The molecule has 166 valence electrons. The normalized spacial score (nSPS) is 19.4. The van der Waals surface area contributed by atoms with Crippen LogP contribution < -0.4 is 5.32 Å². The van der Waals surface area contributed by atoms with Crippen LogP contribution in [0.15, 0.2) is 6.20 Å². The van der Waals surface area contributed by atoms with Gasteiger partial charge >= 0.3 is 0 Å². The van der Waals surface area contributed by atoms with Crippen molar-refractivity contribution < 1.29 is 19.1 Å². The summed E-state index contributed by atoms with van der Waals surface area (Å²) >= 11 is 0. The lowest BCUT2D eigenvalue weighted by Gasteiger charge is -2.34. The molecule has 1 aliphatic rings. The van der Waals surface area contributed by atoms with Crippen LogP contribution in [0, 0.1) is 11.8 Å². The van der Waals surface area contributed by atoms with Gasteiger partial charge in [-0.3, -0.25) is 14.4 Å². The number of carbonyl (C=O) groups is 3. The molecule has 1 N–H and O–H groups in total. The van der Waals surface area contributed by atoms with E-state index in [1.54, 1.807) is 25.1 Å². The lowest BCUT2D eigenvalue weighted by atomic mass is 9.83. The molecule has 0 radical (unpaired) electrons. The van der Waals surface area contributed by atoms with Crippen LogP contribution in [-0.2, 0) is 19.7 Å². The standard InChI is InChI=1S/C22H34N4O4/c1-15(28)17-9-16(12-26(13-17)14-27)10-19(29)18-11-24-21(22(2,3)4)25-20(18)23-7-6-8-30-5/h11,14,16-17H,6-10,12-13H2,1-5H3,(H,23,24,25). The SMILES string of the molecule is COCCCNc1nc(C(C)(C)C)ncc1C(=O)CC1CC(C(C)=O)CN(C=O)C1. The fourth-order valence-electron chi connectivity index (χ4n) is 3.65. The number of aromatic nitrogens is 2. The predicted molar refractivity (Wildman–Crippen MR) is 115 cm³/mol. The van der Waals surface area contributed by atoms with Gasteiger partial charge in [-0.25, -0.2) is 9.97 Å². The highest BCUT2D eigenvalue weighted by Gasteiger charge is 2.31. The Morgan fingerprint density at radius 3 is 2.67 bits per heavy atom. The van der Waals surface area contributed by atoms with Gasteiger partial charge in [-0.15, -0.1) is 0 Å². The number of likely N-dealkylation sites (tertiary alicyclic amines) is 1. The topological polar surface area (TPSA) is 101 Å². The van der Waals surface area contributed by atoms with Crippen LogP contribution in [0.1, 0.15) is 63.1 Å². The van der Waals surface area contributed by atoms with Crippen molar-refractivity contribution in [3.05, 3.63) is 17.6 Å². The third kappa shape index (κ3) is 6.58. The van der Waals surface area contributed by atoms with E-state index in [9.17, 15) is 14.4 Å². The van der Waals surface area contributed by atoms with E-state index in [1.807, 2.05) is 20.8 Å². The number of amides is 1. The van der Waals surface area contributed by atoms with E-state index in [-0.39, 0.29) is 35.2 Å². The maximum absolute atomic E-state index is 13.1. The Morgan fingerprint density at radius 2 is 2.07 bits per heavy atom. The van der Waals surface area contributed by atoms with Gasteiger partial charge in [0.1, 0.15) is 17.4 Å². The molecule has 2 rings (SSSR count). The maximum Gasteiger partial charge on any atom is 0.209 e. The molecule has 2 atom stereocenters. The van der Waals surface area contributed by atoms with Crippen LogP contribution in [0.25, 0.3) is 0 Å². The smallest absolute Gasteiger partial charge is 0.209 e. The number of anilines is 1. The molecule has 0 bridgehead atoms. The summed E-state index contributed by atoms with van der Waals surface area (Å²) in [7, 11) is 1.65. The van der Waals surface area contributed by atoms with Crippen LogP contribution in [0.3, 0.4) is 0 Å². The highest BCUT2D eigenvalue weighted by Crippen LogP contribution is 2.28. The molecule has 1 fully saturated rings. The van der Waals surface area contributed by atoms with E-state index < -0.39 is 0 Å². The fraction of sp³-hybridized carbons (Fsp3) is 0.682. The number of ether oxygens (including phenoxy) is 1. The van der Waals surface area contributed by atoms with Gasteiger partial charge in [0.05, 0.1) is 5.56 Å². The Kier molecular flexibility index (Phi) is 8.46. The number of nitrogens with one attached hydrogen (secondary N) is 1. The summed E-state index contributed by atoms with van der Waals surface area (Å²) in [5.74, 6) is 0.890. The molecule has 0 aromatic carbocycles. The number of methoxy groups -OCH3 is 1. The zero-order valence-corrected chi connectivity index (χ0v) is 18.7. The van der Waals surface area contributed by atoms with E-state index in [0.29, 0.717) is 49.9 Å². The molecule has 1 amide bonds. The number of hydrogen-bond acceptors (Lipinski definition) is 7. The molecular weight excluding hydrogens is 384 g/mol. The van der Waals surface area contributed by atoms with Crippen molar-refractivity contribution in [1.29, 1.82) is 0 Å². The lowest BCUT2D eigenvalue weighted by Crippen LogP contribution is -2.42. The summed E-state index contributed by atoms with van der Waals surface area (Å²) in [4.78, 5) is 46.9. The molecule has 2 unspecified atom stereocenters. The zero-order valence-electron chi connectivity index (χ0n) is 18.7. The molecule has 0 saturated carbocycles. The number of Topliss-reactive ketones (excluding diaryl/α,β-unsaturated/α-hetero) is 2. The first kappa shape index (κ1) is 23.9. The molecule has 0 aliphatic carbocycles. The third-order valence-corrected chi connectivity index (χ3v) is 5.34. The zero-order chi connectivity index (χ0) is 22.3. The Morgan fingerprint density at radius 1 is 1.33 bits per heavy atom. The van der Waals surface area contributed by atoms with Crippen molar-refractivity contribution in [3.8, 4) is 0 Å². The molecule has 1 saturated heterocycles. The molecule has 1 aromatic heterocycles. The van der Waals surface area contributed by atoms with E-state index in [4.69, 9.17) is 4.74 Å². The molecule has 2 heterocycles. The number of hydrogen-bond donors (Lipinski definition) is 1. The van der Waals surface area contributed by atoms with Gasteiger partial charge in [-0.1, -0.05) is 20.8 Å². The maximum atomic E-state index is 13.1. The minimum Gasteiger partial charge on any atom is -0.385 e. The van der Waals surface area contributed by atoms with E-state index >= 15 is 0 Å². The molecule has 8 heteroatoms. The Balaban J connectivity index is 2.19. The quantitative estimate of drug-likeness (QED) is 0.354. The number of nitrogens with zero attached hydrogens (tertiary/aromatic N) is 3. The van der Waals surface area contributed by atoms with Crippen LogP contribution >= 0.6 is 0 Å². The summed E-state index contributed by atoms with van der Waals surface area (Å²) in [6.07, 6.45) is 4.01. The van der Waals surface area contributed by atoms with Gasteiger partial charge in [0.15, 0.2) is 5.78 Å². The number of carbonyl (C=O) groups excluding carboxylic acids is 3. The Labute approximate surface area is 178 Å². The summed E-state index contributed by atoms with van der Waals surface area (Å²) in [6.45, 7) is 9.77. The van der Waals surface area contributed by atoms with E-state index in [1.165, 1.54) is 0 Å². The summed E-state index contributed by atoms with van der Waals surface area (Å²) < 4.78 is 5.09. The number of ketones is 2. The molecule has 8 nitrogen and oxygen atoms in total. The van der Waals surface area contributed by atoms with E-state index in [2.05, 4.69) is 15.3 Å². The van der Waals surface area contributed by atoms with Crippen molar-refractivity contribution >= 4 is 23.8 Å². The summed E-state index contributed by atoms with van der Waals surface area (Å²) in [6, 6.07) is 0. The van der Waals surface area contributed by atoms with Crippen molar-refractivity contribution in [1.82, 2.24) is 14.9 Å². The first-order valence-corrected chi connectivity index (χ1v) is 10.5. The molecule has 1 aliphatic heterocycles. The number of piperidine rings is 1. The van der Waals surface area contributed by atoms with Gasteiger partial charge in [0, 0.05) is 57.3 Å². The summed E-state index contributed by atoms with van der Waals surface area (Å²) in [5, 5.41) is 3.25. The fourth-order valence-corrected chi connectivity index (χ4v) is 3.65. The van der Waals surface area contributed by atoms with Crippen LogP contribution in [0.5, 0.6) is 0 Å². The largest absolute Gasteiger partial charge is 0.385 e. The van der Waals surface area contributed by atoms with Crippen molar-refractivity contribution in [2.24, 2.45) is 11.8 Å². The highest BCUT2D eigenvalue weighted by molar-refractivity contribution is 6.00. The second-order valence-corrected chi connectivity index (χ2v) is 9.07. The molecule has 0 spiro atoms. The monoisotopic (exact) mass is 418 g/mol. The third-order valence-electron chi connectivity index (χ3n) is 5.34. The van der Waals surface area contributed by atoms with Crippen molar-refractivity contribution in [2.45, 2.75) is 52.4 Å². The molecular formula is C22H34N4O4.